The SMILES string of the molecule is CON=C(c1ccc(C(C)c2cnc(-c3ccncc3)[nH]2)cc1)c1cccs1. The first-order valence-corrected chi connectivity index (χ1v) is 9.85. The summed E-state index contributed by atoms with van der Waals surface area (Å²) >= 11 is 1.65. The van der Waals surface area contributed by atoms with E-state index >= 15 is 0 Å². The predicted molar refractivity (Wildman–Crippen MR) is 113 cm³/mol. The molecule has 4 aromatic rings. The maximum absolute atomic E-state index is 5.05. The highest BCUT2D eigenvalue weighted by Crippen LogP contribution is 2.26. The van der Waals surface area contributed by atoms with E-state index in [1.54, 1.807) is 30.8 Å². The second-order valence-electron chi connectivity index (χ2n) is 6.37. The Hall–Kier alpha value is -3.25. The number of pyridine rings is 1. The largest absolute Gasteiger partial charge is 0.399 e. The number of nitrogens with one attached hydrogen (secondary N) is 1. The monoisotopic (exact) mass is 388 g/mol. The zero-order valence-corrected chi connectivity index (χ0v) is 16.5. The molecule has 0 aliphatic carbocycles. The lowest BCUT2D eigenvalue weighted by molar-refractivity contribution is 0.214. The van der Waals surface area contributed by atoms with E-state index in [1.807, 2.05) is 35.8 Å². The molecular weight excluding hydrogens is 368 g/mol. The summed E-state index contributed by atoms with van der Waals surface area (Å²) in [6, 6.07) is 16.4. The molecule has 0 aliphatic heterocycles. The quantitative estimate of drug-likeness (QED) is 0.370. The fraction of sp³-hybridized carbons (Fsp3) is 0.136. The minimum atomic E-state index is 0.196. The minimum Gasteiger partial charge on any atom is -0.399 e. The van der Waals surface area contributed by atoms with Crippen molar-refractivity contribution in [2.45, 2.75) is 12.8 Å². The number of benzene rings is 1. The normalized spacial score (nSPS) is 12.7. The number of aromatic nitrogens is 3. The highest BCUT2D eigenvalue weighted by atomic mass is 32.1. The van der Waals surface area contributed by atoms with E-state index in [1.165, 1.54) is 5.56 Å². The molecule has 0 saturated heterocycles. The van der Waals surface area contributed by atoms with Gasteiger partial charge in [-0.05, 0) is 29.1 Å². The Morgan fingerprint density at radius 3 is 2.57 bits per heavy atom. The minimum absolute atomic E-state index is 0.196. The maximum atomic E-state index is 5.05. The van der Waals surface area contributed by atoms with Crippen LogP contribution in [0.3, 0.4) is 0 Å². The summed E-state index contributed by atoms with van der Waals surface area (Å²) in [4.78, 5) is 18.1. The molecule has 1 N–H and O–H groups in total. The summed E-state index contributed by atoms with van der Waals surface area (Å²) in [6.45, 7) is 2.17. The van der Waals surface area contributed by atoms with Crippen molar-refractivity contribution in [3.8, 4) is 11.4 Å². The fourth-order valence-electron chi connectivity index (χ4n) is 3.07. The van der Waals surface area contributed by atoms with Crippen molar-refractivity contribution in [3.63, 3.8) is 0 Å². The lowest BCUT2D eigenvalue weighted by Crippen LogP contribution is -2.03. The Balaban J connectivity index is 1.57. The van der Waals surface area contributed by atoms with Crippen molar-refractivity contribution < 1.29 is 4.84 Å². The number of thiophene rings is 1. The number of hydrogen-bond donors (Lipinski definition) is 1. The van der Waals surface area contributed by atoms with Gasteiger partial charge in [-0.3, -0.25) is 4.98 Å². The third-order valence-electron chi connectivity index (χ3n) is 4.64. The molecule has 1 unspecified atom stereocenters. The van der Waals surface area contributed by atoms with Crippen LogP contribution in [0, 0.1) is 0 Å². The first-order chi connectivity index (χ1) is 13.8. The van der Waals surface area contributed by atoms with Crippen molar-refractivity contribution in [3.05, 3.63) is 94.2 Å². The smallest absolute Gasteiger partial charge is 0.137 e. The highest BCUT2D eigenvalue weighted by Gasteiger charge is 2.14. The molecule has 0 bridgehead atoms. The van der Waals surface area contributed by atoms with Gasteiger partial charge in [-0.25, -0.2) is 4.98 Å². The van der Waals surface area contributed by atoms with E-state index in [4.69, 9.17) is 4.84 Å². The average molecular weight is 388 g/mol. The van der Waals surface area contributed by atoms with Gasteiger partial charge in [0.15, 0.2) is 0 Å². The van der Waals surface area contributed by atoms with E-state index in [-0.39, 0.29) is 5.92 Å². The van der Waals surface area contributed by atoms with E-state index in [2.05, 4.69) is 51.3 Å². The van der Waals surface area contributed by atoms with Gasteiger partial charge in [-0.15, -0.1) is 11.3 Å². The van der Waals surface area contributed by atoms with Crippen molar-refractivity contribution in [2.75, 3.05) is 7.11 Å². The third-order valence-corrected chi connectivity index (χ3v) is 5.51. The molecule has 140 valence electrons. The van der Waals surface area contributed by atoms with Crippen LogP contribution in [-0.2, 0) is 4.84 Å². The lowest BCUT2D eigenvalue weighted by atomic mass is 9.96. The third kappa shape index (κ3) is 3.73. The number of oxime groups is 1. The van der Waals surface area contributed by atoms with E-state index in [9.17, 15) is 0 Å². The van der Waals surface area contributed by atoms with Crippen LogP contribution in [0.1, 0.15) is 34.5 Å². The summed E-state index contributed by atoms with van der Waals surface area (Å²) in [5.74, 6) is 1.05. The van der Waals surface area contributed by atoms with Crippen molar-refractivity contribution in [1.82, 2.24) is 15.0 Å². The Morgan fingerprint density at radius 2 is 1.89 bits per heavy atom. The lowest BCUT2D eigenvalue weighted by Gasteiger charge is -2.11. The molecule has 0 aliphatic rings. The molecule has 3 aromatic heterocycles. The standard InChI is InChI=1S/C22H20N4OS/c1-15(19-14-24-22(25-19)18-9-11-23-12-10-18)16-5-7-17(8-6-16)21(26-27-2)20-4-3-13-28-20/h3-15H,1-2H3,(H,24,25). The van der Waals surface area contributed by atoms with Crippen molar-refractivity contribution in [1.29, 1.82) is 0 Å². The average Bonchev–Trinajstić information content (AvgIpc) is 3.45. The highest BCUT2D eigenvalue weighted by molar-refractivity contribution is 7.12. The molecule has 0 saturated carbocycles. The van der Waals surface area contributed by atoms with Crippen LogP contribution >= 0.6 is 11.3 Å². The summed E-state index contributed by atoms with van der Waals surface area (Å²) in [6.07, 6.45) is 5.44. The van der Waals surface area contributed by atoms with Gasteiger partial charge in [0.2, 0.25) is 0 Å². The van der Waals surface area contributed by atoms with Crippen molar-refractivity contribution >= 4 is 17.0 Å². The molecule has 28 heavy (non-hydrogen) atoms. The molecule has 1 atom stereocenters. The summed E-state index contributed by atoms with van der Waals surface area (Å²) in [5.41, 5.74) is 5.18. The Kier molecular flexibility index (Phi) is 5.30. The van der Waals surface area contributed by atoms with Gasteiger partial charge in [-0.2, -0.15) is 0 Å². The first kappa shape index (κ1) is 18.1. The van der Waals surface area contributed by atoms with Crippen LogP contribution in [0.25, 0.3) is 11.4 Å². The molecule has 6 heteroatoms. The number of nitrogens with zero attached hydrogens (tertiary/aromatic N) is 3. The number of aromatic amines is 1. The van der Waals surface area contributed by atoms with Crippen molar-refractivity contribution in [2.24, 2.45) is 5.16 Å². The molecular formula is C22H20N4OS. The first-order valence-electron chi connectivity index (χ1n) is 8.97. The zero-order chi connectivity index (χ0) is 19.3. The molecule has 0 spiro atoms. The Labute approximate surface area is 167 Å². The van der Waals surface area contributed by atoms with Gasteiger partial charge in [-0.1, -0.05) is 42.4 Å². The topological polar surface area (TPSA) is 63.2 Å². The second kappa shape index (κ2) is 8.19. The van der Waals surface area contributed by atoms with Crippen LogP contribution in [0.2, 0.25) is 0 Å². The second-order valence-corrected chi connectivity index (χ2v) is 7.31. The van der Waals surface area contributed by atoms with Crippen LogP contribution in [0.5, 0.6) is 0 Å². The van der Waals surface area contributed by atoms with Crippen LogP contribution in [0.4, 0.5) is 0 Å². The van der Waals surface area contributed by atoms with Gasteiger partial charge in [0, 0.05) is 41.3 Å². The van der Waals surface area contributed by atoms with Gasteiger partial charge >= 0.3 is 0 Å². The van der Waals surface area contributed by atoms with Gasteiger partial charge < -0.3 is 9.82 Å². The molecule has 0 fully saturated rings. The predicted octanol–water partition coefficient (Wildman–Crippen LogP) is 5.08. The Bertz CT molecular complexity index is 1050. The van der Waals surface area contributed by atoms with E-state index in [0.29, 0.717) is 0 Å². The molecule has 0 amide bonds. The van der Waals surface area contributed by atoms with E-state index in [0.717, 1.165) is 33.2 Å². The molecule has 5 nitrogen and oxygen atoms in total. The summed E-state index contributed by atoms with van der Waals surface area (Å²) in [7, 11) is 1.57. The molecule has 0 radical (unpaired) electrons. The van der Waals surface area contributed by atoms with Gasteiger partial charge in [0.1, 0.15) is 18.6 Å². The molecule has 1 aromatic carbocycles. The Morgan fingerprint density at radius 1 is 1.11 bits per heavy atom. The number of rotatable bonds is 6. The van der Waals surface area contributed by atoms with Crippen LogP contribution in [-0.4, -0.2) is 27.8 Å². The number of imidazole rings is 1. The van der Waals surface area contributed by atoms with Crippen LogP contribution < -0.4 is 0 Å². The number of hydrogen-bond acceptors (Lipinski definition) is 5. The van der Waals surface area contributed by atoms with Gasteiger partial charge in [0.05, 0.1) is 4.88 Å². The number of H-pyrrole nitrogens is 1. The summed E-state index contributed by atoms with van der Waals surface area (Å²) in [5, 5.41) is 6.25. The van der Waals surface area contributed by atoms with Crippen LogP contribution in [0.15, 0.2) is 77.7 Å². The zero-order valence-electron chi connectivity index (χ0n) is 15.7. The molecule has 4 rings (SSSR count). The fourth-order valence-corrected chi connectivity index (χ4v) is 3.79. The summed E-state index contributed by atoms with van der Waals surface area (Å²) < 4.78 is 0. The van der Waals surface area contributed by atoms with E-state index < -0.39 is 0 Å². The van der Waals surface area contributed by atoms with Gasteiger partial charge in [0.25, 0.3) is 0 Å². The molecule has 3 heterocycles. The maximum Gasteiger partial charge on any atom is 0.137 e.